The Morgan fingerprint density at radius 1 is 1.31 bits per heavy atom. The summed E-state index contributed by atoms with van der Waals surface area (Å²) in [6.45, 7) is 5.12. The second kappa shape index (κ2) is 3.28. The summed E-state index contributed by atoms with van der Waals surface area (Å²) >= 11 is 0. The minimum atomic E-state index is -4.63. The summed E-state index contributed by atoms with van der Waals surface area (Å²) in [6.07, 6.45) is -4.63. The molecule has 0 fully saturated rings. The molecule has 1 nitrogen and oxygen atoms in total. The number of hydrogen-bond donors (Lipinski definition) is 0. The van der Waals surface area contributed by atoms with Crippen LogP contribution in [0.4, 0.5) is 13.2 Å². The molecule has 0 N–H and O–H groups in total. The van der Waals surface area contributed by atoms with Gasteiger partial charge in [0.25, 0.3) is 0 Å². The number of hydrogen-bond acceptors (Lipinski definition) is 1. The van der Waals surface area contributed by atoms with Crippen molar-refractivity contribution in [1.82, 2.24) is 0 Å². The predicted octanol–water partition coefficient (Wildman–Crippen LogP) is 3.08. The predicted molar refractivity (Wildman–Crippen MR) is 42.3 cm³/mol. The monoisotopic (exact) mass is 189 g/mol. The van der Waals surface area contributed by atoms with E-state index in [0.29, 0.717) is 11.1 Å². The van der Waals surface area contributed by atoms with Crippen LogP contribution in [0.5, 0.6) is 5.75 Å². The van der Waals surface area contributed by atoms with Crippen LogP contribution in [0.1, 0.15) is 11.1 Å². The van der Waals surface area contributed by atoms with Gasteiger partial charge in [-0.25, -0.2) is 0 Å². The summed E-state index contributed by atoms with van der Waals surface area (Å²) < 4.78 is 39.1. The zero-order valence-corrected chi connectivity index (χ0v) is 6.98. The Hall–Kier alpha value is -1.19. The lowest BCUT2D eigenvalue weighted by Crippen LogP contribution is -2.17. The number of halogens is 3. The molecule has 71 valence electrons. The molecule has 0 atom stereocenters. The molecule has 0 aliphatic rings. The van der Waals surface area contributed by atoms with Crippen molar-refractivity contribution in [2.45, 2.75) is 13.3 Å². The first-order valence-corrected chi connectivity index (χ1v) is 3.57. The first-order chi connectivity index (χ1) is 5.88. The van der Waals surface area contributed by atoms with Crippen LogP contribution in [-0.2, 0) is 0 Å². The molecule has 0 unspecified atom stereocenters. The van der Waals surface area contributed by atoms with Gasteiger partial charge in [0, 0.05) is 0 Å². The van der Waals surface area contributed by atoms with Crippen molar-refractivity contribution in [2.24, 2.45) is 0 Å². The van der Waals surface area contributed by atoms with Crippen LogP contribution in [0, 0.1) is 13.8 Å². The average molecular weight is 189 g/mol. The first kappa shape index (κ1) is 9.89. The van der Waals surface area contributed by atoms with Gasteiger partial charge >= 0.3 is 6.36 Å². The largest absolute Gasteiger partial charge is 0.573 e. The smallest absolute Gasteiger partial charge is 0.406 e. The van der Waals surface area contributed by atoms with Crippen molar-refractivity contribution in [3.63, 3.8) is 0 Å². The number of rotatable bonds is 1. The van der Waals surface area contributed by atoms with E-state index in [1.54, 1.807) is 0 Å². The molecule has 0 amide bonds. The normalized spacial score (nSPS) is 11.5. The van der Waals surface area contributed by atoms with E-state index in [-0.39, 0.29) is 5.75 Å². The fourth-order valence-electron chi connectivity index (χ4n) is 0.951. The molecule has 0 aliphatic carbocycles. The van der Waals surface area contributed by atoms with Gasteiger partial charge in [-0.05, 0) is 31.0 Å². The van der Waals surface area contributed by atoms with E-state index in [0.717, 1.165) is 0 Å². The van der Waals surface area contributed by atoms with Gasteiger partial charge < -0.3 is 4.74 Å². The topological polar surface area (TPSA) is 9.23 Å². The Labute approximate surface area is 74.1 Å². The van der Waals surface area contributed by atoms with Crippen molar-refractivity contribution in [1.29, 1.82) is 0 Å². The highest BCUT2D eigenvalue weighted by molar-refractivity contribution is 5.37. The average Bonchev–Trinajstić information content (AvgIpc) is 1.93. The second-order valence-electron chi connectivity index (χ2n) is 2.65. The zero-order chi connectivity index (χ0) is 10.1. The maximum Gasteiger partial charge on any atom is 0.573 e. The lowest BCUT2D eigenvalue weighted by Gasteiger charge is -2.11. The molecule has 1 rings (SSSR count). The summed E-state index contributed by atoms with van der Waals surface area (Å²) in [6, 6.07) is 4.25. The van der Waals surface area contributed by atoms with Crippen molar-refractivity contribution in [3.8, 4) is 5.75 Å². The van der Waals surface area contributed by atoms with E-state index in [2.05, 4.69) is 11.7 Å². The van der Waals surface area contributed by atoms with E-state index in [9.17, 15) is 13.2 Å². The molecule has 1 radical (unpaired) electrons. The van der Waals surface area contributed by atoms with E-state index in [1.165, 1.54) is 25.1 Å². The molecule has 0 spiro atoms. The van der Waals surface area contributed by atoms with Crippen molar-refractivity contribution in [3.05, 3.63) is 36.2 Å². The van der Waals surface area contributed by atoms with Crippen molar-refractivity contribution < 1.29 is 17.9 Å². The molecule has 0 aromatic heterocycles. The molecule has 0 heterocycles. The lowest BCUT2D eigenvalue weighted by molar-refractivity contribution is -0.274. The van der Waals surface area contributed by atoms with Gasteiger partial charge in [0.1, 0.15) is 5.75 Å². The van der Waals surface area contributed by atoms with Crippen LogP contribution in [-0.4, -0.2) is 6.36 Å². The first-order valence-electron chi connectivity index (χ1n) is 3.57. The zero-order valence-electron chi connectivity index (χ0n) is 6.98. The van der Waals surface area contributed by atoms with Crippen molar-refractivity contribution >= 4 is 0 Å². The summed E-state index contributed by atoms with van der Waals surface area (Å²) in [7, 11) is 0. The van der Waals surface area contributed by atoms with Crippen LogP contribution in [0.2, 0.25) is 0 Å². The van der Waals surface area contributed by atoms with E-state index in [4.69, 9.17) is 0 Å². The van der Waals surface area contributed by atoms with Crippen LogP contribution >= 0.6 is 0 Å². The fourth-order valence-corrected chi connectivity index (χ4v) is 0.951. The highest BCUT2D eigenvalue weighted by Gasteiger charge is 2.31. The number of ether oxygens (including phenoxy) is 1. The molecular weight excluding hydrogens is 181 g/mol. The van der Waals surface area contributed by atoms with E-state index in [1.807, 2.05) is 0 Å². The summed E-state index contributed by atoms with van der Waals surface area (Å²) in [5, 5.41) is 0. The van der Waals surface area contributed by atoms with Crippen LogP contribution < -0.4 is 4.74 Å². The van der Waals surface area contributed by atoms with Gasteiger partial charge in [-0.2, -0.15) is 0 Å². The minimum Gasteiger partial charge on any atom is -0.406 e. The number of benzene rings is 1. The highest BCUT2D eigenvalue weighted by Crippen LogP contribution is 2.26. The van der Waals surface area contributed by atoms with Gasteiger partial charge in [0.15, 0.2) is 0 Å². The summed E-state index contributed by atoms with van der Waals surface area (Å²) in [5.74, 6) is -0.181. The SMILES string of the molecule is [CH2]c1ccc(OC(F)(F)F)c(C)c1. The third-order valence-electron chi connectivity index (χ3n) is 1.47. The van der Waals surface area contributed by atoms with Gasteiger partial charge in [-0.1, -0.05) is 12.1 Å². The standard InChI is InChI=1S/C9H8F3O/c1-6-3-4-8(7(2)5-6)13-9(10,11)12/h3-5H,1H2,2H3. The Morgan fingerprint density at radius 2 is 1.92 bits per heavy atom. The van der Waals surface area contributed by atoms with Crippen molar-refractivity contribution in [2.75, 3.05) is 0 Å². The Kier molecular flexibility index (Phi) is 2.50. The van der Waals surface area contributed by atoms with Crippen LogP contribution in [0.15, 0.2) is 18.2 Å². The number of alkyl halides is 3. The molecule has 0 saturated heterocycles. The third-order valence-corrected chi connectivity index (χ3v) is 1.47. The third kappa shape index (κ3) is 2.97. The maximum absolute atomic E-state index is 11.8. The molecule has 1 aromatic rings. The molecule has 1 aromatic carbocycles. The lowest BCUT2D eigenvalue weighted by atomic mass is 10.1. The quantitative estimate of drug-likeness (QED) is 0.659. The van der Waals surface area contributed by atoms with Gasteiger partial charge in [-0.3, -0.25) is 0 Å². The molecule has 0 bridgehead atoms. The molecule has 4 heteroatoms. The van der Waals surface area contributed by atoms with Gasteiger partial charge in [0.05, 0.1) is 0 Å². The van der Waals surface area contributed by atoms with E-state index < -0.39 is 6.36 Å². The van der Waals surface area contributed by atoms with Gasteiger partial charge in [-0.15, -0.1) is 13.2 Å². The second-order valence-corrected chi connectivity index (χ2v) is 2.65. The van der Waals surface area contributed by atoms with Crippen LogP contribution in [0.3, 0.4) is 0 Å². The molecular formula is C9H8F3O. The van der Waals surface area contributed by atoms with Crippen LogP contribution in [0.25, 0.3) is 0 Å². The molecule has 0 aliphatic heterocycles. The maximum atomic E-state index is 11.8. The Bertz CT molecular complexity index is 304. The number of aryl methyl sites for hydroxylation is 1. The van der Waals surface area contributed by atoms with Gasteiger partial charge in [0.2, 0.25) is 0 Å². The summed E-state index contributed by atoms with van der Waals surface area (Å²) in [4.78, 5) is 0. The fraction of sp³-hybridized carbons (Fsp3) is 0.222. The Balaban J connectivity index is 2.90. The molecule has 0 saturated carbocycles. The molecule has 13 heavy (non-hydrogen) atoms. The summed E-state index contributed by atoms with van der Waals surface area (Å²) in [5.41, 5.74) is 1.08. The van der Waals surface area contributed by atoms with E-state index >= 15 is 0 Å². The Morgan fingerprint density at radius 3 is 2.38 bits per heavy atom. The minimum absolute atomic E-state index is 0.181. The highest BCUT2D eigenvalue weighted by atomic mass is 19.4.